The van der Waals surface area contributed by atoms with Gasteiger partial charge in [0.05, 0.1) is 5.39 Å². The molecule has 5 rings (SSSR count). The Morgan fingerprint density at radius 2 is 1.93 bits per heavy atom. The summed E-state index contributed by atoms with van der Waals surface area (Å²) in [5, 5.41) is 10.6. The molecular formula is C21H29N3O2S. The largest absolute Gasteiger partial charge is 0.474 e. The molecule has 6 heteroatoms. The van der Waals surface area contributed by atoms with Crippen molar-refractivity contribution in [2.75, 3.05) is 19.7 Å². The van der Waals surface area contributed by atoms with Crippen LogP contribution >= 0.6 is 11.3 Å². The second-order valence-electron chi connectivity index (χ2n) is 8.34. The first-order chi connectivity index (χ1) is 13.3. The van der Waals surface area contributed by atoms with E-state index in [4.69, 9.17) is 4.74 Å². The van der Waals surface area contributed by atoms with Crippen molar-refractivity contribution in [3.8, 4) is 5.88 Å². The number of nitrogens with zero attached hydrogens (tertiary/aromatic N) is 3. The molecule has 1 N–H and O–H groups in total. The Labute approximate surface area is 164 Å². The highest BCUT2D eigenvalue weighted by Gasteiger charge is 2.32. The molecule has 3 aliphatic rings. The van der Waals surface area contributed by atoms with E-state index in [1.54, 1.807) is 17.7 Å². The summed E-state index contributed by atoms with van der Waals surface area (Å²) in [4.78, 5) is 14.2. The molecule has 2 fully saturated rings. The van der Waals surface area contributed by atoms with Crippen LogP contribution in [0.15, 0.2) is 6.33 Å². The molecule has 1 aliphatic heterocycles. The Morgan fingerprint density at radius 3 is 2.70 bits per heavy atom. The highest BCUT2D eigenvalue weighted by atomic mass is 32.1. The van der Waals surface area contributed by atoms with Gasteiger partial charge in [0.25, 0.3) is 0 Å². The second kappa shape index (κ2) is 7.64. The molecule has 2 aromatic rings. The number of thiophene rings is 1. The van der Waals surface area contributed by atoms with Crippen LogP contribution in [0.3, 0.4) is 0 Å². The van der Waals surface area contributed by atoms with Crippen molar-refractivity contribution < 1.29 is 9.84 Å². The Kier molecular flexibility index (Phi) is 5.05. The second-order valence-corrected chi connectivity index (χ2v) is 9.42. The average Bonchev–Trinajstić information content (AvgIpc) is 3.40. The lowest BCUT2D eigenvalue weighted by atomic mass is 9.92. The van der Waals surface area contributed by atoms with Gasteiger partial charge in [-0.2, -0.15) is 0 Å². The first kappa shape index (κ1) is 17.8. The lowest BCUT2D eigenvalue weighted by Gasteiger charge is -2.34. The number of ether oxygens (including phenoxy) is 1. The number of likely N-dealkylation sites (tertiary alicyclic amines) is 1. The molecule has 0 amide bonds. The van der Waals surface area contributed by atoms with Crippen molar-refractivity contribution in [2.45, 2.75) is 75.9 Å². The van der Waals surface area contributed by atoms with Gasteiger partial charge in [0, 0.05) is 17.5 Å². The van der Waals surface area contributed by atoms with Crippen LogP contribution in [0.4, 0.5) is 0 Å². The van der Waals surface area contributed by atoms with Crippen molar-refractivity contribution >= 4 is 21.6 Å². The minimum absolute atomic E-state index is 0.242. The van der Waals surface area contributed by atoms with E-state index in [1.165, 1.54) is 49.2 Å². The number of rotatable bonds is 5. The zero-order chi connectivity index (χ0) is 18.2. The van der Waals surface area contributed by atoms with E-state index in [1.807, 2.05) is 0 Å². The van der Waals surface area contributed by atoms with Crippen LogP contribution in [-0.4, -0.2) is 51.8 Å². The maximum atomic E-state index is 9.44. The third-order valence-corrected chi connectivity index (χ3v) is 7.93. The first-order valence-corrected chi connectivity index (χ1v) is 11.4. The molecule has 0 radical (unpaired) electrons. The van der Waals surface area contributed by atoms with Crippen LogP contribution in [0, 0.1) is 0 Å². The molecule has 2 aromatic heterocycles. The van der Waals surface area contributed by atoms with Gasteiger partial charge < -0.3 is 14.7 Å². The normalized spacial score (nSPS) is 28.7. The fourth-order valence-corrected chi connectivity index (χ4v) is 6.60. The summed E-state index contributed by atoms with van der Waals surface area (Å²) >= 11 is 1.79. The molecule has 1 atom stereocenters. The number of aryl methyl sites for hydroxylation is 1. The van der Waals surface area contributed by atoms with E-state index in [-0.39, 0.29) is 12.7 Å². The van der Waals surface area contributed by atoms with Crippen LogP contribution in [-0.2, 0) is 6.42 Å². The minimum atomic E-state index is 0.242. The van der Waals surface area contributed by atoms with E-state index >= 15 is 0 Å². The van der Waals surface area contributed by atoms with Crippen molar-refractivity contribution in [1.29, 1.82) is 0 Å². The summed E-state index contributed by atoms with van der Waals surface area (Å²) in [5.74, 6) is 1.21. The maximum Gasteiger partial charge on any atom is 0.225 e. The van der Waals surface area contributed by atoms with E-state index in [0.29, 0.717) is 5.92 Å². The Bertz CT molecular complexity index is 794. The van der Waals surface area contributed by atoms with Crippen LogP contribution in [0.2, 0.25) is 0 Å². The standard InChI is InChI=1S/C21H29N3O2S/c25-12-9-14-3-8-17-18(14)19-20(22-13-23-21(19)27-17)26-16-6-4-15(5-7-16)24-10-1-2-11-24/h13-16,25H,1-12H2/t14-,15-,16-/m1/s1. The van der Waals surface area contributed by atoms with Crippen molar-refractivity contribution in [2.24, 2.45) is 0 Å². The van der Waals surface area contributed by atoms with E-state index < -0.39 is 0 Å². The van der Waals surface area contributed by atoms with Gasteiger partial charge in [0.15, 0.2) is 0 Å². The first-order valence-electron chi connectivity index (χ1n) is 10.6. The number of hydrogen-bond donors (Lipinski definition) is 1. The Hall–Kier alpha value is -1.24. The summed E-state index contributed by atoms with van der Waals surface area (Å²) in [5.41, 5.74) is 1.37. The number of aromatic nitrogens is 2. The summed E-state index contributed by atoms with van der Waals surface area (Å²) in [7, 11) is 0. The zero-order valence-electron chi connectivity index (χ0n) is 15.9. The number of hydrogen-bond acceptors (Lipinski definition) is 6. The summed E-state index contributed by atoms with van der Waals surface area (Å²) in [6.45, 7) is 2.82. The Balaban J connectivity index is 1.34. The van der Waals surface area contributed by atoms with Crippen LogP contribution in [0.25, 0.3) is 10.2 Å². The molecule has 1 saturated heterocycles. The van der Waals surface area contributed by atoms with Gasteiger partial charge >= 0.3 is 0 Å². The predicted molar refractivity (Wildman–Crippen MR) is 108 cm³/mol. The highest BCUT2D eigenvalue weighted by Crippen LogP contribution is 2.47. The van der Waals surface area contributed by atoms with E-state index in [0.717, 1.165) is 54.2 Å². The summed E-state index contributed by atoms with van der Waals surface area (Å²) in [6.07, 6.45) is 12.5. The van der Waals surface area contributed by atoms with E-state index in [9.17, 15) is 5.11 Å². The minimum Gasteiger partial charge on any atom is -0.474 e. The molecule has 2 aliphatic carbocycles. The summed E-state index contributed by atoms with van der Waals surface area (Å²) in [6, 6.07) is 0.761. The number of aliphatic hydroxyl groups excluding tert-OH is 1. The van der Waals surface area contributed by atoms with Gasteiger partial charge in [-0.25, -0.2) is 9.97 Å². The lowest BCUT2D eigenvalue weighted by Crippen LogP contribution is -2.38. The molecule has 0 aromatic carbocycles. The quantitative estimate of drug-likeness (QED) is 0.843. The maximum absolute atomic E-state index is 9.44. The number of fused-ring (bicyclic) bond motifs is 3. The van der Waals surface area contributed by atoms with Crippen LogP contribution in [0.1, 0.15) is 67.7 Å². The zero-order valence-corrected chi connectivity index (χ0v) is 16.7. The van der Waals surface area contributed by atoms with Crippen molar-refractivity contribution in [1.82, 2.24) is 14.9 Å². The summed E-state index contributed by atoms with van der Waals surface area (Å²) < 4.78 is 6.46. The third-order valence-electron chi connectivity index (χ3n) is 6.75. The molecule has 0 bridgehead atoms. The fraction of sp³-hybridized carbons (Fsp3) is 0.714. The topological polar surface area (TPSA) is 58.5 Å². The SMILES string of the molecule is OCC[C@H]1CCc2sc3ncnc(O[C@H]4CC[C@H](N5CCCC5)CC4)c3c21. The molecular weight excluding hydrogens is 358 g/mol. The van der Waals surface area contributed by atoms with Crippen LogP contribution in [0.5, 0.6) is 5.88 Å². The van der Waals surface area contributed by atoms with Gasteiger partial charge in [0.2, 0.25) is 5.88 Å². The van der Waals surface area contributed by atoms with Gasteiger partial charge in [-0.05, 0) is 82.4 Å². The predicted octanol–water partition coefficient (Wildman–Crippen LogP) is 3.89. The molecule has 1 saturated carbocycles. The molecule has 0 spiro atoms. The molecule has 5 nitrogen and oxygen atoms in total. The Morgan fingerprint density at radius 1 is 1.11 bits per heavy atom. The highest BCUT2D eigenvalue weighted by molar-refractivity contribution is 7.19. The lowest BCUT2D eigenvalue weighted by molar-refractivity contribution is 0.0978. The molecule has 3 heterocycles. The van der Waals surface area contributed by atoms with Crippen molar-refractivity contribution in [3.63, 3.8) is 0 Å². The smallest absolute Gasteiger partial charge is 0.225 e. The van der Waals surface area contributed by atoms with Crippen LogP contribution < -0.4 is 4.74 Å². The molecule has 146 valence electrons. The van der Waals surface area contributed by atoms with Gasteiger partial charge in [-0.1, -0.05) is 0 Å². The average molecular weight is 388 g/mol. The monoisotopic (exact) mass is 387 g/mol. The van der Waals surface area contributed by atoms with Gasteiger partial charge in [-0.3, -0.25) is 0 Å². The van der Waals surface area contributed by atoms with Gasteiger partial charge in [-0.15, -0.1) is 11.3 Å². The van der Waals surface area contributed by atoms with Crippen molar-refractivity contribution in [3.05, 3.63) is 16.8 Å². The number of aliphatic hydroxyl groups is 1. The van der Waals surface area contributed by atoms with E-state index in [2.05, 4.69) is 14.9 Å². The third kappa shape index (κ3) is 3.36. The fourth-order valence-electron chi connectivity index (χ4n) is 5.37. The van der Waals surface area contributed by atoms with Gasteiger partial charge in [0.1, 0.15) is 17.3 Å². The molecule has 0 unspecified atom stereocenters. The molecule has 27 heavy (non-hydrogen) atoms.